The van der Waals surface area contributed by atoms with Crippen molar-refractivity contribution in [3.05, 3.63) is 0 Å². The van der Waals surface area contributed by atoms with E-state index in [-0.39, 0.29) is 12.2 Å². The standard InChI is InChI=1S/C18H36O2.C17H37NO2.C11H22O2/c1-3-5-7-9-11-13-15-18(20-17-19)16-14-12-10-8-6-4-2;1-3-4-5-6-7-10-13-18(15-16-19)14-11-8-9-12-17-20-2;1-3-4-5-6-7-8-9-11(2)13-10-12/h17-18H,3-16H2,1-2H3;19H,3-17H2,1-2H3;10-11H,3-9H2,1-2H3. The highest BCUT2D eigenvalue weighted by molar-refractivity contribution is 5.37. The van der Waals surface area contributed by atoms with E-state index >= 15 is 0 Å². The van der Waals surface area contributed by atoms with Crippen LogP contribution in [0, 0.1) is 0 Å². The van der Waals surface area contributed by atoms with Gasteiger partial charge in [0.25, 0.3) is 12.9 Å². The fourth-order valence-corrected chi connectivity index (χ4v) is 6.57. The van der Waals surface area contributed by atoms with Crippen LogP contribution < -0.4 is 0 Å². The number of unbranched alkanes of at least 4 members (excludes halogenated alkanes) is 23. The summed E-state index contributed by atoms with van der Waals surface area (Å²) >= 11 is 0. The van der Waals surface area contributed by atoms with Crippen LogP contribution in [0.5, 0.6) is 0 Å². The van der Waals surface area contributed by atoms with E-state index in [0.29, 0.717) is 19.6 Å². The molecule has 0 aliphatic rings. The highest BCUT2D eigenvalue weighted by atomic mass is 16.5. The van der Waals surface area contributed by atoms with Crippen LogP contribution in [0.3, 0.4) is 0 Å². The van der Waals surface area contributed by atoms with Gasteiger partial charge in [-0.05, 0) is 77.8 Å². The molecule has 0 rings (SSSR count). The molecule has 1 atom stereocenters. The van der Waals surface area contributed by atoms with Crippen LogP contribution in [-0.4, -0.2) is 75.1 Å². The van der Waals surface area contributed by atoms with E-state index < -0.39 is 0 Å². The zero-order valence-electron chi connectivity index (χ0n) is 36.7. The fraction of sp³-hybridized carbons (Fsp3) is 0.957. The summed E-state index contributed by atoms with van der Waals surface area (Å²) in [4.78, 5) is 22.9. The second-order valence-corrected chi connectivity index (χ2v) is 15.3. The van der Waals surface area contributed by atoms with Crippen molar-refractivity contribution < 1.29 is 28.9 Å². The minimum absolute atomic E-state index is 0.101. The van der Waals surface area contributed by atoms with Crippen LogP contribution >= 0.6 is 0 Å². The Kier molecular flexibility index (Phi) is 56.1. The van der Waals surface area contributed by atoms with Gasteiger partial charge in [0.2, 0.25) is 0 Å². The number of carbonyl (C=O) groups is 2. The maximum Gasteiger partial charge on any atom is 0.293 e. The zero-order chi connectivity index (χ0) is 39.7. The van der Waals surface area contributed by atoms with Gasteiger partial charge in [-0.1, -0.05) is 169 Å². The molecule has 0 aliphatic heterocycles. The number of methoxy groups -OCH3 is 1. The molecule has 320 valence electrons. The summed E-state index contributed by atoms with van der Waals surface area (Å²) < 4.78 is 15.1. The van der Waals surface area contributed by atoms with Crippen LogP contribution in [-0.2, 0) is 23.8 Å². The van der Waals surface area contributed by atoms with Crippen molar-refractivity contribution in [1.82, 2.24) is 4.90 Å². The Labute approximate surface area is 331 Å². The predicted molar refractivity (Wildman–Crippen MR) is 229 cm³/mol. The van der Waals surface area contributed by atoms with Gasteiger partial charge < -0.3 is 24.2 Å². The Morgan fingerprint density at radius 3 is 1.21 bits per heavy atom. The lowest BCUT2D eigenvalue weighted by Gasteiger charge is -2.21. The molecule has 0 spiro atoms. The third kappa shape index (κ3) is 53.0. The third-order valence-corrected chi connectivity index (χ3v) is 10.1. The van der Waals surface area contributed by atoms with E-state index in [2.05, 4.69) is 32.6 Å². The summed E-state index contributed by atoms with van der Waals surface area (Å²) in [6, 6.07) is 0. The molecule has 0 aromatic heterocycles. The van der Waals surface area contributed by atoms with E-state index in [1.54, 1.807) is 7.11 Å². The molecule has 0 saturated carbocycles. The molecule has 7 nitrogen and oxygen atoms in total. The molecular weight excluding hydrogens is 663 g/mol. The van der Waals surface area contributed by atoms with Crippen LogP contribution in [0.2, 0.25) is 0 Å². The maximum atomic E-state index is 10.5. The number of ether oxygens (including phenoxy) is 3. The van der Waals surface area contributed by atoms with E-state index in [0.717, 1.165) is 45.5 Å². The smallest absolute Gasteiger partial charge is 0.293 e. The van der Waals surface area contributed by atoms with E-state index in [1.165, 1.54) is 180 Å². The van der Waals surface area contributed by atoms with Crippen molar-refractivity contribution in [3.8, 4) is 0 Å². The normalized spacial score (nSPS) is 11.5. The maximum absolute atomic E-state index is 10.5. The van der Waals surface area contributed by atoms with Gasteiger partial charge in [-0.3, -0.25) is 9.59 Å². The summed E-state index contributed by atoms with van der Waals surface area (Å²) in [5.74, 6) is 0. The molecular formula is C46H95NO6. The van der Waals surface area contributed by atoms with E-state index in [9.17, 15) is 9.59 Å². The Morgan fingerprint density at radius 2 is 0.830 bits per heavy atom. The Balaban J connectivity index is -0.000000726. The fourth-order valence-electron chi connectivity index (χ4n) is 6.57. The average Bonchev–Trinajstić information content (AvgIpc) is 3.16. The molecule has 0 aromatic carbocycles. The first-order chi connectivity index (χ1) is 26.0. The number of aliphatic hydroxyl groups is 1. The summed E-state index contributed by atoms with van der Waals surface area (Å²) in [7, 11) is 1.77. The SMILES string of the molecule is CCCCCCCCC(C)OC=O.CCCCCCCCC(CCCCCCCC)OC=O.CCCCCCCCN(CCO)CCCCCCOC. The van der Waals surface area contributed by atoms with Crippen LogP contribution in [0.25, 0.3) is 0 Å². The molecule has 0 bridgehead atoms. The van der Waals surface area contributed by atoms with Crippen molar-refractivity contribution in [2.24, 2.45) is 0 Å². The lowest BCUT2D eigenvalue weighted by Crippen LogP contribution is -2.29. The second kappa shape index (κ2) is 52.9. The first-order valence-corrected chi connectivity index (χ1v) is 23.0. The largest absolute Gasteiger partial charge is 0.465 e. The summed E-state index contributed by atoms with van der Waals surface area (Å²) in [5.41, 5.74) is 0. The van der Waals surface area contributed by atoms with Crippen molar-refractivity contribution >= 4 is 12.9 Å². The molecule has 0 amide bonds. The Bertz CT molecular complexity index is 620. The first kappa shape index (κ1) is 56.2. The van der Waals surface area contributed by atoms with Crippen LogP contribution in [0.1, 0.15) is 234 Å². The van der Waals surface area contributed by atoms with Gasteiger partial charge in [0.15, 0.2) is 0 Å². The zero-order valence-corrected chi connectivity index (χ0v) is 36.7. The highest BCUT2D eigenvalue weighted by Gasteiger charge is 2.09. The van der Waals surface area contributed by atoms with Gasteiger partial charge in [0.1, 0.15) is 6.10 Å². The second-order valence-electron chi connectivity index (χ2n) is 15.3. The predicted octanol–water partition coefficient (Wildman–Crippen LogP) is 13.2. The van der Waals surface area contributed by atoms with Crippen molar-refractivity contribution in [2.75, 3.05) is 40.0 Å². The van der Waals surface area contributed by atoms with Crippen LogP contribution in [0.15, 0.2) is 0 Å². The molecule has 0 aliphatic carbocycles. The molecule has 1 N–H and O–H groups in total. The number of nitrogens with zero attached hydrogens (tertiary/aromatic N) is 1. The van der Waals surface area contributed by atoms with Crippen LogP contribution in [0.4, 0.5) is 0 Å². The van der Waals surface area contributed by atoms with Crippen molar-refractivity contribution in [1.29, 1.82) is 0 Å². The number of hydrogen-bond donors (Lipinski definition) is 1. The third-order valence-electron chi connectivity index (χ3n) is 10.1. The monoisotopic (exact) mass is 758 g/mol. The number of carbonyl (C=O) groups excluding carboxylic acids is 2. The van der Waals surface area contributed by atoms with Crippen molar-refractivity contribution in [3.63, 3.8) is 0 Å². The number of aliphatic hydroxyl groups excluding tert-OH is 1. The number of rotatable bonds is 41. The Hall–Kier alpha value is -1.18. The van der Waals surface area contributed by atoms with E-state index in [4.69, 9.17) is 19.3 Å². The molecule has 0 radical (unpaired) electrons. The molecule has 1 unspecified atom stereocenters. The summed E-state index contributed by atoms with van der Waals surface area (Å²) in [5, 5.41) is 9.12. The van der Waals surface area contributed by atoms with Gasteiger partial charge >= 0.3 is 0 Å². The highest BCUT2D eigenvalue weighted by Crippen LogP contribution is 2.16. The lowest BCUT2D eigenvalue weighted by atomic mass is 10.0. The molecule has 7 heteroatoms. The minimum atomic E-state index is 0.101. The molecule has 0 aromatic rings. The molecule has 0 saturated heterocycles. The summed E-state index contributed by atoms with van der Waals surface area (Å²) in [6.07, 6.45) is 39.9. The van der Waals surface area contributed by atoms with Gasteiger partial charge in [0.05, 0.1) is 12.7 Å². The molecule has 0 heterocycles. The molecule has 0 fully saturated rings. The number of hydrogen-bond acceptors (Lipinski definition) is 7. The average molecular weight is 758 g/mol. The minimum Gasteiger partial charge on any atom is -0.465 e. The molecule has 53 heavy (non-hydrogen) atoms. The van der Waals surface area contributed by atoms with E-state index in [1.807, 2.05) is 6.92 Å². The Morgan fingerprint density at radius 1 is 0.472 bits per heavy atom. The quantitative estimate of drug-likeness (QED) is 0.0491. The lowest BCUT2D eigenvalue weighted by molar-refractivity contribution is -0.134. The first-order valence-electron chi connectivity index (χ1n) is 23.0. The van der Waals surface area contributed by atoms with Crippen molar-refractivity contribution in [2.45, 2.75) is 246 Å². The van der Waals surface area contributed by atoms with Gasteiger partial charge in [-0.2, -0.15) is 0 Å². The van der Waals surface area contributed by atoms with Gasteiger partial charge in [-0.15, -0.1) is 0 Å². The van der Waals surface area contributed by atoms with Gasteiger partial charge in [-0.25, -0.2) is 0 Å². The summed E-state index contributed by atoms with van der Waals surface area (Å²) in [6.45, 7) is 16.4. The topological polar surface area (TPSA) is 85.3 Å². The van der Waals surface area contributed by atoms with Gasteiger partial charge in [0, 0.05) is 20.3 Å².